The van der Waals surface area contributed by atoms with Crippen LogP contribution in [0.5, 0.6) is 11.5 Å². The molecular weight excluding hydrogens is 550 g/mol. The van der Waals surface area contributed by atoms with Gasteiger partial charge in [0.2, 0.25) is 0 Å². The lowest BCUT2D eigenvalue weighted by atomic mass is 10.2. The maximum Gasteiger partial charge on any atom is 0.271 e. The van der Waals surface area contributed by atoms with Gasteiger partial charge in [0.25, 0.3) is 5.91 Å². The minimum atomic E-state index is -0.277. The molecule has 160 valence electrons. The van der Waals surface area contributed by atoms with E-state index in [4.69, 9.17) is 32.7 Å². The number of nitrogens with zero attached hydrogens (tertiary/aromatic N) is 1. The Hall–Kier alpha value is -2.29. The highest BCUT2D eigenvalue weighted by Gasteiger charge is 2.08. The smallest absolute Gasteiger partial charge is 0.271 e. The fourth-order valence-electron chi connectivity index (χ4n) is 2.64. The maximum atomic E-state index is 12.2. The van der Waals surface area contributed by atoms with E-state index in [0.29, 0.717) is 40.3 Å². The zero-order valence-corrected chi connectivity index (χ0v) is 20.2. The number of carbonyl (C=O) groups is 1. The highest BCUT2D eigenvalue weighted by Crippen LogP contribution is 2.30. The van der Waals surface area contributed by atoms with Gasteiger partial charge in [-0.05, 0) is 89.2 Å². The number of hydrogen-bond acceptors (Lipinski definition) is 4. The van der Waals surface area contributed by atoms with Gasteiger partial charge in [0.05, 0.1) is 22.9 Å². The second-order valence-corrected chi connectivity index (χ2v) is 8.45. The van der Waals surface area contributed by atoms with Crippen molar-refractivity contribution in [1.29, 1.82) is 0 Å². The summed E-state index contributed by atoms with van der Waals surface area (Å²) in [6, 6.07) is 18.0. The summed E-state index contributed by atoms with van der Waals surface area (Å²) < 4.78 is 12.6. The Morgan fingerprint density at radius 3 is 2.61 bits per heavy atom. The monoisotopic (exact) mass is 568 g/mol. The van der Waals surface area contributed by atoms with Crippen LogP contribution >= 0.6 is 45.8 Å². The van der Waals surface area contributed by atoms with Crippen molar-refractivity contribution < 1.29 is 14.3 Å². The zero-order chi connectivity index (χ0) is 22.2. The van der Waals surface area contributed by atoms with Gasteiger partial charge >= 0.3 is 0 Å². The van der Waals surface area contributed by atoms with Gasteiger partial charge in [-0.1, -0.05) is 35.3 Å². The third kappa shape index (κ3) is 6.85. The first-order valence-electron chi connectivity index (χ1n) is 9.39. The van der Waals surface area contributed by atoms with Gasteiger partial charge in [-0.25, -0.2) is 5.43 Å². The molecule has 1 N–H and O–H groups in total. The van der Waals surface area contributed by atoms with E-state index in [9.17, 15) is 4.79 Å². The molecule has 0 atom stereocenters. The molecule has 0 unspecified atom stereocenters. The zero-order valence-electron chi connectivity index (χ0n) is 16.6. The highest BCUT2D eigenvalue weighted by atomic mass is 127. The number of halogens is 3. The van der Waals surface area contributed by atoms with Crippen molar-refractivity contribution in [3.05, 3.63) is 91.0 Å². The fraction of sp³-hybridized carbons (Fsp3) is 0.130. The first-order chi connectivity index (χ1) is 15.0. The van der Waals surface area contributed by atoms with E-state index in [2.05, 4.69) is 33.1 Å². The third-order valence-electron chi connectivity index (χ3n) is 4.11. The molecule has 0 aliphatic heterocycles. The summed E-state index contributed by atoms with van der Waals surface area (Å²) in [7, 11) is 0. The molecule has 3 rings (SSSR count). The van der Waals surface area contributed by atoms with E-state index in [1.807, 2.05) is 31.2 Å². The number of amides is 1. The molecule has 1 amide bonds. The minimum absolute atomic E-state index is 0.277. The lowest BCUT2D eigenvalue weighted by molar-refractivity contribution is 0.0955. The Labute approximate surface area is 204 Å². The summed E-state index contributed by atoms with van der Waals surface area (Å²) in [5.41, 5.74) is 4.72. The molecule has 0 spiro atoms. The minimum Gasteiger partial charge on any atom is -0.490 e. The van der Waals surface area contributed by atoms with Crippen LogP contribution in [0.2, 0.25) is 10.0 Å². The molecule has 0 saturated carbocycles. The van der Waals surface area contributed by atoms with Gasteiger partial charge in [0.1, 0.15) is 6.61 Å². The number of ether oxygens (including phenoxy) is 2. The van der Waals surface area contributed by atoms with Crippen LogP contribution in [0, 0.1) is 3.57 Å². The fourth-order valence-corrected chi connectivity index (χ4v) is 3.51. The van der Waals surface area contributed by atoms with Crippen LogP contribution in [0.25, 0.3) is 0 Å². The number of benzene rings is 3. The molecule has 0 heterocycles. The largest absolute Gasteiger partial charge is 0.490 e. The van der Waals surface area contributed by atoms with E-state index in [-0.39, 0.29) is 5.91 Å². The lowest BCUT2D eigenvalue weighted by Crippen LogP contribution is -2.17. The van der Waals surface area contributed by atoms with E-state index in [0.717, 1.165) is 14.7 Å². The number of hydrogen-bond donors (Lipinski definition) is 1. The average molecular weight is 569 g/mol. The van der Waals surface area contributed by atoms with Gasteiger partial charge in [-0.15, -0.1) is 0 Å². The second-order valence-electron chi connectivity index (χ2n) is 6.39. The third-order valence-corrected chi connectivity index (χ3v) is 5.52. The van der Waals surface area contributed by atoms with Crippen molar-refractivity contribution in [2.45, 2.75) is 13.5 Å². The number of hydrazone groups is 1. The van der Waals surface area contributed by atoms with Gasteiger partial charge < -0.3 is 9.47 Å². The molecule has 0 aromatic heterocycles. The Morgan fingerprint density at radius 2 is 1.87 bits per heavy atom. The van der Waals surface area contributed by atoms with Crippen molar-refractivity contribution in [1.82, 2.24) is 5.43 Å². The molecule has 0 fully saturated rings. The maximum absolute atomic E-state index is 12.2. The lowest BCUT2D eigenvalue weighted by Gasteiger charge is -2.13. The first kappa shape index (κ1) is 23.4. The number of carbonyl (C=O) groups excluding carboxylic acids is 1. The summed E-state index contributed by atoms with van der Waals surface area (Å²) in [5.74, 6) is 0.893. The van der Waals surface area contributed by atoms with Crippen molar-refractivity contribution in [3.8, 4) is 11.5 Å². The summed E-state index contributed by atoms with van der Waals surface area (Å²) in [6.45, 7) is 2.69. The molecule has 0 radical (unpaired) electrons. The van der Waals surface area contributed by atoms with Crippen molar-refractivity contribution in [2.75, 3.05) is 6.61 Å². The predicted octanol–water partition coefficient (Wildman–Crippen LogP) is 6.34. The van der Waals surface area contributed by atoms with Crippen molar-refractivity contribution in [2.24, 2.45) is 5.10 Å². The van der Waals surface area contributed by atoms with Crippen LogP contribution < -0.4 is 14.9 Å². The molecule has 0 bridgehead atoms. The highest BCUT2D eigenvalue weighted by molar-refractivity contribution is 14.1. The summed E-state index contributed by atoms with van der Waals surface area (Å²) in [6.07, 6.45) is 1.55. The number of nitrogens with one attached hydrogen (secondary N) is 1. The van der Waals surface area contributed by atoms with Crippen LogP contribution in [-0.2, 0) is 6.61 Å². The van der Waals surface area contributed by atoms with E-state index < -0.39 is 0 Å². The SMILES string of the molecule is CCOc1cc(/C=N\NC(=O)c2cccc(I)c2)ccc1OCc1ccc(Cl)c(Cl)c1. The standard InChI is InChI=1S/C23H19Cl2IN2O3/c1-2-30-22-11-15(13-27-28-23(29)17-4-3-5-18(26)12-17)7-9-21(22)31-14-16-6-8-19(24)20(25)10-16/h3-13H,2,14H2,1H3,(H,28,29)/b27-13-. The molecule has 0 saturated heterocycles. The van der Waals surface area contributed by atoms with Gasteiger partial charge in [-0.3, -0.25) is 4.79 Å². The molecule has 8 heteroatoms. The normalized spacial score (nSPS) is 10.8. The van der Waals surface area contributed by atoms with Crippen LogP contribution in [-0.4, -0.2) is 18.7 Å². The van der Waals surface area contributed by atoms with E-state index in [1.165, 1.54) is 0 Å². The molecule has 5 nitrogen and oxygen atoms in total. The molecule has 3 aromatic rings. The number of rotatable bonds is 8. The first-order valence-corrected chi connectivity index (χ1v) is 11.2. The van der Waals surface area contributed by atoms with Crippen molar-refractivity contribution >= 4 is 57.9 Å². The van der Waals surface area contributed by atoms with Crippen LogP contribution in [0.15, 0.2) is 65.8 Å². The molecular formula is C23H19Cl2IN2O3. The molecule has 31 heavy (non-hydrogen) atoms. The van der Waals surface area contributed by atoms with Crippen LogP contribution in [0.3, 0.4) is 0 Å². The van der Waals surface area contributed by atoms with Gasteiger partial charge in [0, 0.05) is 9.13 Å². The molecule has 0 aliphatic carbocycles. The van der Waals surface area contributed by atoms with Crippen molar-refractivity contribution in [3.63, 3.8) is 0 Å². The van der Waals surface area contributed by atoms with Crippen LogP contribution in [0.1, 0.15) is 28.4 Å². The van der Waals surface area contributed by atoms with E-state index >= 15 is 0 Å². The summed E-state index contributed by atoms with van der Waals surface area (Å²) in [5, 5.41) is 5.02. The predicted molar refractivity (Wildman–Crippen MR) is 133 cm³/mol. The Balaban J connectivity index is 1.66. The average Bonchev–Trinajstić information content (AvgIpc) is 2.75. The summed E-state index contributed by atoms with van der Waals surface area (Å²) >= 11 is 14.2. The quantitative estimate of drug-likeness (QED) is 0.196. The molecule has 3 aromatic carbocycles. The van der Waals surface area contributed by atoms with E-state index in [1.54, 1.807) is 42.6 Å². The molecule has 0 aliphatic rings. The topological polar surface area (TPSA) is 59.9 Å². The van der Waals surface area contributed by atoms with Gasteiger partial charge in [0.15, 0.2) is 11.5 Å². The van der Waals surface area contributed by atoms with Gasteiger partial charge in [-0.2, -0.15) is 5.10 Å². The Kier molecular flexibility index (Phi) is 8.57. The Bertz CT molecular complexity index is 1110. The van der Waals surface area contributed by atoms with Crippen LogP contribution in [0.4, 0.5) is 0 Å². The second kappa shape index (κ2) is 11.4. The Morgan fingerprint density at radius 1 is 1.03 bits per heavy atom. The summed E-state index contributed by atoms with van der Waals surface area (Å²) in [4.78, 5) is 12.2.